The largest absolute Gasteiger partial charge is 0.394 e. The molecule has 1 rings (SSSR count). The molecule has 0 radical (unpaired) electrons. The van der Waals surface area contributed by atoms with Gasteiger partial charge < -0.3 is 14.5 Å². The molecule has 0 aliphatic carbocycles. The molecule has 0 aromatic heterocycles. The molecule has 2 N–H and O–H groups in total. The Balaban J connectivity index is 2.56. The van der Waals surface area contributed by atoms with Gasteiger partial charge in [0.25, 0.3) is 0 Å². The number of rotatable bonds is 3. The van der Waals surface area contributed by atoms with Crippen molar-refractivity contribution < 1.29 is 27.9 Å². The van der Waals surface area contributed by atoms with Gasteiger partial charge in [0.2, 0.25) is 0 Å². The zero-order chi connectivity index (χ0) is 8.70. The molecule has 0 aromatic carbocycles. The maximum absolute atomic E-state index is 12.4. The lowest BCUT2D eigenvalue weighted by molar-refractivity contribution is 0.0427. The molecule has 11 heavy (non-hydrogen) atoms. The predicted molar refractivity (Wildman–Crippen MR) is 31.3 cm³/mol. The molecule has 0 spiro atoms. The highest BCUT2D eigenvalue weighted by Crippen LogP contribution is 2.56. The molecule has 0 amide bonds. The Hall–Kier alpha value is -0.0300. The van der Waals surface area contributed by atoms with Crippen molar-refractivity contribution in [2.75, 3.05) is 6.61 Å². The average molecular weight is 188 g/mol. The average Bonchev–Trinajstić information content (AvgIpc) is 2.45. The third-order valence-corrected chi connectivity index (χ3v) is 2.34. The van der Waals surface area contributed by atoms with Crippen LogP contribution in [0.5, 0.6) is 0 Å². The Morgan fingerprint density at radius 1 is 1.64 bits per heavy atom. The van der Waals surface area contributed by atoms with Crippen LogP contribution < -0.4 is 0 Å². The molecule has 1 atom stereocenters. The fraction of sp³-hybridized carbons (Fsp3) is 1.00. The van der Waals surface area contributed by atoms with Gasteiger partial charge in [0.1, 0.15) is 0 Å². The Kier molecular flexibility index (Phi) is 2.05. The minimum Gasteiger partial charge on any atom is -0.373 e. The van der Waals surface area contributed by atoms with E-state index in [4.69, 9.17) is 9.79 Å². The van der Waals surface area contributed by atoms with Crippen LogP contribution in [0.4, 0.5) is 8.78 Å². The standard InChI is InChI=1S/C4H7F2O4P/c5-4(6,11(7,8)9)1-3-2-10-3/h3H,1-2H2,(H2,7,8,9). The Morgan fingerprint density at radius 3 is 2.36 bits per heavy atom. The molecule has 1 aliphatic heterocycles. The summed E-state index contributed by atoms with van der Waals surface area (Å²) in [6.07, 6.45) is -1.57. The van der Waals surface area contributed by atoms with E-state index in [0.717, 1.165) is 0 Å². The first-order valence-corrected chi connectivity index (χ1v) is 4.49. The highest BCUT2D eigenvalue weighted by Gasteiger charge is 2.52. The van der Waals surface area contributed by atoms with E-state index < -0.39 is 25.8 Å². The fourth-order valence-corrected chi connectivity index (χ4v) is 1.02. The lowest BCUT2D eigenvalue weighted by Gasteiger charge is -2.15. The quantitative estimate of drug-likeness (QED) is 0.501. The van der Waals surface area contributed by atoms with E-state index in [9.17, 15) is 13.3 Å². The first-order valence-electron chi connectivity index (χ1n) is 2.88. The number of epoxide rings is 1. The highest BCUT2D eigenvalue weighted by molar-refractivity contribution is 7.53. The highest BCUT2D eigenvalue weighted by atomic mass is 31.2. The molecule has 4 nitrogen and oxygen atoms in total. The van der Waals surface area contributed by atoms with Crippen LogP contribution in [0.2, 0.25) is 0 Å². The molecule has 1 fully saturated rings. The Labute approximate surface area is 61.3 Å². The van der Waals surface area contributed by atoms with Gasteiger partial charge >= 0.3 is 13.3 Å². The van der Waals surface area contributed by atoms with E-state index in [1.807, 2.05) is 0 Å². The topological polar surface area (TPSA) is 70.1 Å². The van der Waals surface area contributed by atoms with Crippen molar-refractivity contribution in [1.82, 2.24) is 0 Å². The zero-order valence-electron chi connectivity index (χ0n) is 5.41. The maximum atomic E-state index is 12.4. The summed E-state index contributed by atoms with van der Waals surface area (Å²) in [5.74, 6) is 0. The normalized spacial score (nSPS) is 25.3. The van der Waals surface area contributed by atoms with Gasteiger partial charge in [-0.05, 0) is 0 Å². The van der Waals surface area contributed by atoms with Crippen LogP contribution in [0.15, 0.2) is 0 Å². The van der Waals surface area contributed by atoms with Gasteiger partial charge in [-0.3, -0.25) is 4.57 Å². The predicted octanol–water partition coefficient (Wildman–Crippen LogP) is 0.546. The van der Waals surface area contributed by atoms with Crippen molar-refractivity contribution in [1.29, 1.82) is 0 Å². The van der Waals surface area contributed by atoms with Crippen molar-refractivity contribution in [2.45, 2.75) is 18.2 Å². The molecular weight excluding hydrogens is 181 g/mol. The van der Waals surface area contributed by atoms with Gasteiger partial charge in [-0.2, -0.15) is 8.78 Å². The molecule has 7 heteroatoms. The first-order chi connectivity index (χ1) is 4.83. The molecule has 1 heterocycles. The second-order valence-electron chi connectivity index (χ2n) is 2.37. The van der Waals surface area contributed by atoms with E-state index >= 15 is 0 Å². The number of ether oxygens (including phenoxy) is 1. The number of hydrogen-bond donors (Lipinski definition) is 2. The molecule has 0 saturated carbocycles. The minimum absolute atomic E-state index is 0.162. The fourth-order valence-electron chi connectivity index (χ4n) is 0.579. The summed E-state index contributed by atoms with van der Waals surface area (Å²) < 4.78 is 39.3. The summed E-state index contributed by atoms with van der Waals surface area (Å²) >= 11 is 0. The summed E-state index contributed by atoms with van der Waals surface area (Å²) in [6.45, 7) is 0.162. The summed E-state index contributed by atoms with van der Waals surface area (Å²) in [7, 11) is -5.30. The molecule has 0 bridgehead atoms. The van der Waals surface area contributed by atoms with Crippen LogP contribution in [0.3, 0.4) is 0 Å². The Morgan fingerprint density at radius 2 is 2.09 bits per heavy atom. The molecule has 1 saturated heterocycles. The van der Waals surface area contributed by atoms with Crippen LogP contribution in [-0.2, 0) is 9.30 Å². The lowest BCUT2D eigenvalue weighted by atomic mass is 10.3. The summed E-state index contributed by atoms with van der Waals surface area (Å²) in [4.78, 5) is 16.3. The third kappa shape index (κ3) is 2.20. The summed E-state index contributed by atoms with van der Waals surface area (Å²) in [5, 5.41) is 0. The van der Waals surface area contributed by atoms with Gasteiger partial charge in [-0.15, -0.1) is 0 Å². The van der Waals surface area contributed by atoms with Crippen molar-refractivity contribution in [2.24, 2.45) is 0 Å². The van der Waals surface area contributed by atoms with E-state index in [1.165, 1.54) is 0 Å². The van der Waals surface area contributed by atoms with Crippen LogP contribution >= 0.6 is 7.60 Å². The number of hydrogen-bond acceptors (Lipinski definition) is 2. The third-order valence-electron chi connectivity index (χ3n) is 1.30. The summed E-state index contributed by atoms with van der Waals surface area (Å²) in [5.41, 5.74) is -3.94. The maximum Gasteiger partial charge on any atom is 0.394 e. The van der Waals surface area contributed by atoms with Crippen molar-refractivity contribution in [3.63, 3.8) is 0 Å². The molecule has 66 valence electrons. The van der Waals surface area contributed by atoms with Crippen molar-refractivity contribution in [3.8, 4) is 0 Å². The van der Waals surface area contributed by atoms with Crippen molar-refractivity contribution >= 4 is 7.60 Å². The zero-order valence-corrected chi connectivity index (χ0v) is 6.30. The van der Waals surface area contributed by atoms with E-state index in [2.05, 4.69) is 4.74 Å². The van der Waals surface area contributed by atoms with E-state index in [-0.39, 0.29) is 6.61 Å². The molecular formula is C4H7F2O4P. The van der Waals surface area contributed by atoms with Crippen LogP contribution in [-0.4, -0.2) is 28.2 Å². The molecule has 1 unspecified atom stereocenters. The van der Waals surface area contributed by atoms with Crippen LogP contribution in [0, 0.1) is 0 Å². The van der Waals surface area contributed by atoms with Gasteiger partial charge in [0.05, 0.1) is 19.1 Å². The first kappa shape index (κ1) is 9.06. The van der Waals surface area contributed by atoms with E-state index in [1.54, 1.807) is 0 Å². The smallest absolute Gasteiger partial charge is 0.373 e. The van der Waals surface area contributed by atoms with Crippen LogP contribution in [0.1, 0.15) is 6.42 Å². The van der Waals surface area contributed by atoms with Crippen LogP contribution in [0.25, 0.3) is 0 Å². The second kappa shape index (κ2) is 2.48. The minimum atomic E-state index is -5.30. The number of halogens is 2. The van der Waals surface area contributed by atoms with E-state index in [0.29, 0.717) is 0 Å². The van der Waals surface area contributed by atoms with Gasteiger partial charge in [0, 0.05) is 0 Å². The second-order valence-corrected chi connectivity index (χ2v) is 4.11. The SMILES string of the molecule is O=P(O)(O)C(F)(F)CC1CO1. The lowest BCUT2D eigenvalue weighted by Crippen LogP contribution is -2.18. The van der Waals surface area contributed by atoms with Gasteiger partial charge in [-0.1, -0.05) is 0 Å². The van der Waals surface area contributed by atoms with Crippen molar-refractivity contribution in [3.05, 3.63) is 0 Å². The van der Waals surface area contributed by atoms with Gasteiger partial charge in [-0.25, -0.2) is 0 Å². The summed E-state index contributed by atoms with van der Waals surface area (Å²) in [6, 6.07) is 0. The molecule has 0 aromatic rings. The molecule has 1 aliphatic rings. The number of alkyl halides is 2. The Bertz CT molecular complexity index is 196. The van der Waals surface area contributed by atoms with Gasteiger partial charge in [0.15, 0.2) is 0 Å². The monoisotopic (exact) mass is 188 g/mol.